The van der Waals surface area contributed by atoms with Gasteiger partial charge in [0, 0.05) is 11.3 Å². The van der Waals surface area contributed by atoms with E-state index in [4.69, 9.17) is 5.11 Å². The van der Waals surface area contributed by atoms with E-state index in [0.717, 1.165) is 22.5 Å². The van der Waals surface area contributed by atoms with Gasteiger partial charge in [0.15, 0.2) is 0 Å². The maximum Gasteiger partial charge on any atom is 0.325 e. The molecule has 0 bridgehead atoms. The van der Waals surface area contributed by atoms with Gasteiger partial charge in [-0.15, -0.1) is 0 Å². The first-order valence-electron chi connectivity index (χ1n) is 6.76. The largest absolute Gasteiger partial charge is 0.480 e. The minimum absolute atomic E-state index is 0.100. The van der Waals surface area contributed by atoms with Crippen molar-refractivity contribution in [2.75, 3.05) is 0 Å². The van der Waals surface area contributed by atoms with Crippen molar-refractivity contribution in [1.29, 1.82) is 0 Å². The highest BCUT2D eigenvalue weighted by atomic mass is 16.4. The highest BCUT2D eigenvalue weighted by Crippen LogP contribution is 2.28. The molecular formula is C16H20N2O2. The van der Waals surface area contributed by atoms with Crippen LogP contribution < -0.4 is 0 Å². The summed E-state index contributed by atoms with van der Waals surface area (Å²) in [6.45, 7) is 8.05. The van der Waals surface area contributed by atoms with Crippen molar-refractivity contribution in [3.8, 4) is 11.1 Å². The number of hydrogen-bond acceptors (Lipinski definition) is 2. The second-order valence-corrected chi connectivity index (χ2v) is 5.37. The number of aromatic nitrogens is 2. The Morgan fingerprint density at radius 3 is 2.35 bits per heavy atom. The topological polar surface area (TPSA) is 55.1 Å². The molecule has 0 radical (unpaired) electrons. The summed E-state index contributed by atoms with van der Waals surface area (Å²) in [5.74, 6) is -0.377. The maximum absolute atomic E-state index is 10.8. The molecule has 4 heteroatoms. The van der Waals surface area contributed by atoms with Gasteiger partial charge in [0.2, 0.25) is 0 Å². The number of carboxylic acid groups (broad SMARTS) is 1. The highest BCUT2D eigenvalue weighted by Gasteiger charge is 2.15. The van der Waals surface area contributed by atoms with E-state index in [1.165, 1.54) is 5.56 Å². The van der Waals surface area contributed by atoms with E-state index in [2.05, 4.69) is 43.2 Å². The van der Waals surface area contributed by atoms with Gasteiger partial charge in [0.05, 0.1) is 5.69 Å². The summed E-state index contributed by atoms with van der Waals surface area (Å²) in [7, 11) is 0. The summed E-state index contributed by atoms with van der Waals surface area (Å²) in [5, 5.41) is 13.2. The fourth-order valence-electron chi connectivity index (χ4n) is 2.43. The van der Waals surface area contributed by atoms with Crippen LogP contribution in [0.25, 0.3) is 11.1 Å². The molecule has 1 aromatic carbocycles. The van der Waals surface area contributed by atoms with Gasteiger partial charge in [-0.1, -0.05) is 38.1 Å². The Balaban J connectivity index is 2.42. The lowest BCUT2D eigenvalue weighted by Gasteiger charge is -2.07. The van der Waals surface area contributed by atoms with Gasteiger partial charge < -0.3 is 5.11 Å². The molecule has 0 atom stereocenters. The van der Waals surface area contributed by atoms with Crippen LogP contribution in [0.5, 0.6) is 0 Å². The molecule has 20 heavy (non-hydrogen) atoms. The highest BCUT2D eigenvalue weighted by molar-refractivity contribution is 5.71. The van der Waals surface area contributed by atoms with E-state index < -0.39 is 5.97 Å². The van der Waals surface area contributed by atoms with Crippen LogP contribution in [0, 0.1) is 13.8 Å². The number of carboxylic acids is 1. The van der Waals surface area contributed by atoms with Crippen LogP contribution >= 0.6 is 0 Å². The van der Waals surface area contributed by atoms with Crippen LogP contribution in [-0.2, 0) is 11.3 Å². The molecule has 1 aromatic heterocycles. The van der Waals surface area contributed by atoms with Gasteiger partial charge in [-0.25, -0.2) is 0 Å². The first-order valence-corrected chi connectivity index (χ1v) is 6.76. The summed E-state index contributed by atoms with van der Waals surface area (Å²) in [6, 6.07) is 8.40. The third-order valence-corrected chi connectivity index (χ3v) is 3.53. The molecule has 1 heterocycles. The zero-order valence-electron chi connectivity index (χ0n) is 12.3. The van der Waals surface area contributed by atoms with Crippen LogP contribution in [0.1, 0.15) is 36.7 Å². The Morgan fingerprint density at radius 1 is 1.25 bits per heavy atom. The summed E-state index contributed by atoms with van der Waals surface area (Å²) < 4.78 is 1.54. The summed E-state index contributed by atoms with van der Waals surface area (Å²) in [5.41, 5.74) is 5.16. The molecule has 0 fully saturated rings. The SMILES string of the molecule is Cc1nn(CC(=O)O)c(C)c1-c1ccc(C(C)C)cc1. The second kappa shape index (κ2) is 5.49. The van der Waals surface area contributed by atoms with Gasteiger partial charge in [-0.3, -0.25) is 9.48 Å². The van der Waals surface area contributed by atoms with E-state index >= 15 is 0 Å². The lowest BCUT2D eigenvalue weighted by Crippen LogP contribution is -2.11. The smallest absolute Gasteiger partial charge is 0.325 e. The molecule has 0 spiro atoms. The van der Waals surface area contributed by atoms with Crippen molar-refractivity contribution in [1.82, 2.24) is 9.78 Å². The molecule has 0 aliphatic heterocycles. The molecule has 0 unspecified atom stereocenters. The van der Waals surface area contributed by atoms with E-state index in [1.807, 2.05) is 13.8 Å². The molecular weight excluding hydrogens is 252 g/mol. The van der Waals surface area contributed by atoms with Crippen LogP contribution in [0.2, 0.25) is 0 Å². The molecule has 0 saturated heterocycles. The third-order valence-electron chi connectivity index (χ3n) is 3.53. The first-order chi connectivity index (χ1) is 9.40. The number of rotatable bonds is 4. The molecule has 0 aliphatic rings. The van der Waals surface area contributed by atoms with Crippen LogP contribution in [0.3, 0.4) is 0 Å². The van der Waals surface area contributed by atoms with Crippen molar-refractivity contribution >= 4 is 5.97 Å². The van der Waals surface area contributed by atoms with E-state index in [-0.39, 0.29) is 6.54 Å². The first kappa shape index (κ1) is 14.3. The third kappa shape index (κ3) is 2.74. The minimum Gasteiger partial charge on any atom is -0.480 e. The van der Waals surface area contributed by atoms with Gasteiger partial charge in [-0.2, -0.15) is 5.10 Å². The molecule has 2 aromatic rings. The van der Waals surface area contributed by atoms with E-state index in [9.17, 15) is 4.79 Å². The number of carbonyl (C=O) groups is 1. The van der Waals surface area contributed by atoms with Crippen molar-refractivity contribution < 1.29 is 9.90 Å². The lowest BCUT2D eigenvalue weighted by molar-refractivity contribution is -0.137. The van der Waals surface area contributed by atoms with Crippen LogP contribution in [-0.4, -0.2) is 20.9 Å². The zero-order chi connectivity index (χ0) is 14.9. The number of hydrogen-bond donors (Lipinski definition) is 1. The van der Waals surface area contributed by atoms with Gasteiger partial charge in [0.25, 0.3) is 0 Å². The summed E-state index contributed by atoms with van der Waals surface area (Å²) in [4.78, 5) is 10.8. The van der Waals surface area contributed by atoms with Crippen molar-refractivity contribution in [3.05, 3.63) is 41.2 Å². The van der Waals surface area contributed by atoms with Gasteiger partial charge in [-0.05, 0) is 30.9 Å². The fraction of sp³-hybridized carbons (Fsp3) is 0.375. The van der Waals surface area contributed by atoms with Crippen LogP contribution in [0.4, 0.5) is 0 Å². The maximum atomic E-state index is 10.8. The standard InChI is InChI=1S/C16H20N2O2/c1-10(2)13-5-7-14(8-6-13)16-11(3)17-18(12(16)4)9-15(19)20/h5-8,10H,9H2,1-4H3,(H,19,20). The van der Waals surface area contributed by atoms with E-state index in [1.54, 1.807) is 4.68 Å². The van der Waals surface area contributed by atoms with Crippen molar-refractivity contribution in [3.63, 3.8) is 0 Å². The number of aryl methyl sites for hydroxylation is 1. The Labute approximate surface area is 119 Å². The molecule has 0 amide bonds. The van der Waals surface area contributed by atoms with Crippen LogP contribution in [0.15, 0.2) is 24.3 Å². The molecule has 0 aliphatic carbocycles. The van der Waals surface area contributed by atoms with E-state index in [0.29, 0.717) is 5.92 Å². The average molecular weight is 272 g/mol. The Kier molecular flexibility index (Phi) is 3.93. The number of benzene rings is 1. The predicted octanol–water partition coefficient (Wildman–Crippen LogP) is 3.37. The zero-order valence-corrected chi connectivity index (χ0v) is 12.3. The molecule has 1 N–H and O–H groups in total. The van der Waals surface area contributed by atoms with Gasteiger partial charge in [0.1, 0.15) is 6.54 Å². The normalized spacial score (nSPS) is 11.1. The van der Waals surface area contributed by atoms with Gasteiger partial charge >= 0.3 is 5.97 Å². The van der Waals surface area contributed by atoms with Crippen molar-refractivity contribution in [2.24, 2.45) is 0 Å². The Hall–Kier alpha value is -2.10. The second-order valence-electron chi connectivity index (χ2n) is 5.37. The number of nitrogens with zero attached hydrogens (tertiary/aromatic N) is 2. The Morgan fingerprint density at radius 2 is 1.85 bits per heavy atom. The molecule has 2 rings (SSSR count). The minimum atomic E-state index is -0.877. The molecule has 106 valence electrons. The fourth-order valence-corrected chi connectivity index (χ4v) is 2.43. The summed E-state index contributed by atoms with van der Waals surface area (Å²) >= 11 is 0. The monoisotopic (exact) mass is 272 g/mol. The lowest BCUT2D eigenvalue weighted by atomic mass is 9.98. The molecule has 0 saturated carbocycles. The Bertz CT molecular complexity index is 625. The quantitative estimate of drug-likeness (QED) is 0.928. The summed E-state index contributed by atoms with van der Waals surface area (Å²) in [6.07, 6.45) is 0. The van der Waals surface area contributed by atoms with Crippen molar-refractivity contribution in [2.45, 2.75) is 40.2 Å². The average Bonchev–Trinajstić information content (AvgIpc) is 2.64. The predicted molar refractivity (Wildman–Crippen MR) is 78.9 cm³/mol. The number of aliphatic carboxylic acids is 1. The molecule has 4 nitrogen and oxygen atoms in total.